The van der Waals surface area contributed by atoms with Crippen LogP contribution in [-0.2, 0) is 11.4 Å². The van der Waals surface area contributed by atoms with Gasteiger partial charge in [0.2, 0.25) is 0 Å². The molecule has 3 aromatic rings. The number of rotatable bonds is 6. The Morgan fingerprint density at radius 3 is 2.60 bits per heavy atom. The summed E-state index contributed by atoms with van der Waals surface area (Å²) >= 11 is 6.50. The van der Waals surface area contributed by atoms with E-state index in [-0.39, 0.29) is 5.91 Å². The van der Waals surface area contributed by atoms with Gasteiger partial charge in [0.15, 0.2) is 11.5 Å². The molecule has 1 aliphatic rings. The predicted molar refractivity (Wildman–Crippen MR) is 127 cm³/mol. The molecule has 1 heterocycles. The lowest BCUT2D eigenvalue weighted by atomic mass is 10.1. The van der Waals surface area contributed by atoms with Gasteiger partial charge in [-0.25, -0.2) is 0 Å². The zero-order valence-corrected chi connectivity index (χ0v) is 18.4. The Morgan fingerprint density at radius 1 is 1.03 bits per heavy atom. The van der Waals surface area contributed by atoms with E-state index < -0.39 is 0 Å². The number of carbonyl (C=O) groups excluding carboxylic acids is 1. The molecular weight excluding hydrogens is 414 g/mol. The number of thiocarbonyl (C=S) groups is 1. The lowest BCUT2D eigenvalue weighted by molar-refractivity contribution is -0.121. The molecule has 0 bridgehead atoms. The number of thioether (sulfide) groups is 1. The van der Waals surface area contributed by atoms with Gasteiger partial charge < -0.3 is 9.47 Å². The largest absolute Gasteiger partial charge is 0.490 e. The Bertz CT molecular complexity index is 1150. The molecule has 3 aromatic carbocycles. The zero-order valence-electron chi connectivity index (χ0n) is 16.8. The second kappa shape index (κ2) is 8.90. The normalized spacial score (nSPS) is 15.3. The number of likely N-dealkylation sites (N-methyl/N-ethyl adjacent to an activating group) is 1. The van der Waals surface area contributed by atoms with Crippen LogP contribution in [0.4, 0.5) is 0 Å². The fraction of sp³-hybridized carbons (Fsp3) is 0.167. The molecule has 1 aliphatic heterocycles. The van der Waals surface area contributed by atoms with E-state index in [2.05, 4.69) is 24.3 Å². The highest BCUT2D eigenvalue weighted by atomic mass is 32.2. The summed E-state index contributed by atoms with van der Waals surface area (Å²) in [5.41, 5.74) is 1.98. The Morgan fingerprint density at radius 2 is 1.83 bits per heavy atom. The highest BCUT2D eigenvalue weighted by molar-refractivity contribution is 8.26. The molecule has 1 amide bonds. The van der Waals surface area contributed by atoms with E-state index >= 15 is 0 Å². The third-order valence-corrected chi connectivity index (χ3v) is 6.30. The minimum absolute atomic E-state index is 0.0840. The van der Waals surface area contributed by atoms with E-state index in [1.54, 1.807) is 7.05 Å². The molecule has 0 aromatic heterocycles. The Labute approximate surface area is 185 Å². The van der Waals surface area contributed by atoms with Crippen LogP contribution in [0.3, 0.4) is 0 Å². The van der Waals surface area contributed by atoms with Gasteiger partial charge in [0.25, 0.3) is 5.91 Å². The van der Waals surface area contributed by atoms with Crippen LogP contribution in [0.5, 0.6) is 11.5 Å². The predicted octanol–water partition coefficient (Wildman–Crippen LogP) is 5.65. The number of amides is 1. The van der Waals surface area contributed by atoms with Crippen molar-refractivity contribution in [1.29, 1.82) is 0 Å². The SMILES string of the molecule is CCOc1cc(/C=C2\SC(=S)N(C)C2=O)ccc1OCc1cccc2ccccc12. The van der Waals surface area contributed by atoms with Gasteiger partial charge in [-0.05, 0) is 47.0 Å². The standard InChI is InChI=1S/C24H21NO3S2/c1-3-27-21-13-16(14-22-23(26)25(2)24(29)30-22)11-12-20(21)28-15-18-9-6-8-17-7-4-5-10-19(17)18/h4-14H,3,15H2,1-2H3/b22-14-. The van der Waals surface area contributed by atoms with Crippen molar-refractivity contribution < 1.29 is 14.3 Å². The molecular formula is C24H21NO3S2. The zero-order chi connectivity index (χ0) is 21.1. The lowest BCUT2D eigenvalue weighted by Crippen LogP contribution is -2.22. The summed E-state index contributed by atoms with van der Waals surface area (Å²) in [6.07, 6.45) is 1.83. The summed E-state index contributed by atoms with van der Waals surface area (Å²) in [4.78, 5) is 14.3. The molecule has 0 saturated carbocycles. The fourth-order valence-electron chi connectivity index (χ4n) is 3.27. The summed E-state index contributed by atoms with van der Waals surface area (Å²) in [6, 6.07) is 20.2. The van der Waals surface area contributed by atoms with E-state index in [4.69, 9.17) is 21.7 Å². The Balaban J connectivity index is 1.58. The number of ether oxygens (including phenoxy) is 2. The quantitative estimate of drug-likeness (QED) is 0.370. The number of carbonyl (C=O) groups is 1. The van der Waals surface area contributed by atoms with Crippen molar-refractivity contribution in [2.75, 3.05) is 13.7 Å². The van der Waals surface area contributed by atoms with Gasteiger partial charge >= 0.3 is 0 Å². The summed E-state index contributed by atoms with van der Waals surface area (Å²) in [7, 11) is 1.69. The minimum atomic E-state index is -0.0840. The molecule has 0 spiro atoms. The van der Waals surface area contributed by atoms with Gasteiger partial charge in [-0.2, -0.15) is 0 Å². The smallest absolute Gasteiger partial charge is 0.265 e. The van der Waals surface area contributed by atoms with Crippen LogP contribution >= 0.6 is 24.0 Å². The van der Waals surface area contributed by atoms with E-state index in [0.29, 0.717) is 33.9 Å². The molecule has 6 heteroatoms. The van der Waals surface area contributed by atoms with Crippen LogP contribution in [0.2, 0.25) is 0 Å². The first-order valence-electron chi connectivity index (χ1n) is 9.64. The molecule has 0 aliphatic carbocycles. The summed E-state index contributed by atoms with van der Waals surface area (Å²) < 4.78 is 12.5. The number of fused-ring (bicyclic) bond motifs is 1. The second-order valence-corrected chi connectivity index (χ2v) is 8.48. The molecule has 0 unspecified atom stereocenters. The van der Waals surface area contributed by atoms with Crippen LogP contribution in [0.15, 0.2) is 65.6 Å². The Hall–Kier alpha value is -2.83. The fourth-order valence-corrected chi connectivity index (χ4v) is 4.45. The summed E-state index contributed by atoms with van der Waals surface area (Å²) in [5, 5.41) is 2.36. The second-order valence-electron chi connectivity index (χ2n) is 6.81. The minimum Gasteiger partial charge on any atom is -0.490 e. The van der Waals surface area contributed by atoms with Crippen LogP contribution in [0.25, 0.3) is 16.8 Å². The molecule has 152 valence electrons. The van der Waals surface area contributed by atoms with Crippen molar-refractivity contribution in [1.82, 2.24) is 4.90 Å². The van der Waals surface area contributed by atoms with Crippen molar-refractivity contribution in [3.63, 3.8) is 0 Å². The van der Waals surface area contributed by atoms with Gasteiger partial charge in [-0.15, -0.1) is 0 Å². The average Bonchev–Trinajstić information content (AvgIpc) is 3.00. The Kier molecular flexibility index (Phi) is 6.06. The molecule has 1 saturated heterocycles. The number of hydrogen-bond donors (Lipinski definition) is 0. The third-order valence-electron chi connectivity index (χ3n) is 4.82. The number of hydrogen-bond acceptors (Lipinski definition) is 5. The van der Waals surface area contributed by atoms with Gasteiger partial charge in [-0.1, -0.05) is 72.5 Å². The molecule has 4 nitrogen and oxygen atoms in total. The highest BCUT2D eigenvalue weighted by Crippen LogP contribution is 2.34. The van der Waals surface area contributed by atoms with Crippen molar-refractivity contribution in [3.8, 4) is 11.5 Å². The molecule has 0 radical (unpaired) electrons. The van der Waals surface area contributed by atoms with E-state index in [1.807, 2.05) is 49.4 Å². The van der Waals surface area contributed by atoms with E-state index in [1.165, 1.54) is 27.4 Å². The molecule has 0 N–H and O–H groups in total. The van der Waals surface area contributed by atoms with Gasteiger partial charge in [-0.3, -0.25) is 9.69 Å². The van der Waals surface area contributed by atoms with Gasteiger partial charge in [0, 0.05) is 7.05 Å². The van der Waals surface area contributed by atoms with Crippen molar-refractivity contribution in [2.45, 2.75) is 13.5 Å². The highest BCUT2D eigenvalue weighted by Gasteiger charge is 2.28. The monoisotopic (exact) mass is 435 g/mol. The van der Waals surface area contributed by atoms with Crippen LogP contribution in [0.1, 0.15) is 18.1 Å². The summed E-state index contributed by atoms with van der Waals surface area (Å²) in [5.74, 6) is 1.24. The van der Waals surface area contributed by atoms with E-state index in [0.717, 1.165) is 11.1 Å². The van der Waals surface area contributed by atoms with Crippen LogP contribution in [0, 0.1) is 0 Å². The first-order chi connectivity index (χ1) is 14.6. The van der Waals surface area contributed by atoms with Crippen LogP contribution < -0.4 is 9.47 Å². The maximum absolute atomic E-state index is 12.3. The number of nitrogens with zero attached hydrogens (tertiary/aromatic N) is 1. The van der Waals surface area contributed by atoms with Gasteiger partial charge in [0.05, 0.1) is 11.5 Å². The number of benzene rings is 3. The average molecular weight is 436 g/mol. The molecule has 30 heavy (non-hydrogen) atoms. The molecule has 4 rings (SSSR count). The van der Waals surface area contributed by atoms with Gasteiger partial charge in [0.1, 0.15) is 10.9 Å². The topological polar surface area (TPSA) is 38.8 Å². The van der Waals surface area contributed by atoms with E-state index in [9.17, 15) is 4.79 Å². The summed E-state index contributed by atoms with van der Waals surface area (Å²) in [6.45, 7) is 2.89. The molecule has 0 atom stereocenters. The van der Waals surface area contributed by atoms with Crippen molar-refractivity contribution in [2.24, 2.45) is 0 Å². The lowest BCUT2D eigenvalue weighted by Gasteiger charge is -2.14. The molecule has 1 fully saturated rings. The third kappa shape index (κ3) is 4.20. The maximum Gasteiger partial charge on any atom is 0.265 e. The first kappa shape index (κ1) is 20.4. The van der Waals surface area contributed by atoms with Crippen LogP contribution in [-0.4, -0.2) is 28.8 Å². The van der Waals surface area contributed by atoms with Crippen molar-refractivity contribution >= 4 is 51.1 Å². The first-order valence-corrected chi connectivity index (χ1v) is 10.9. The van der Waals surface area contributed by atoms with Crippen molar-refractivity contribution in [3.05, 3.63) is 76.7 Å². The maximum atomic E-state index is 12.3.